The van der Waals surface area contributed by atoms with E-state index in [1.807, 2.05) is 30.8 Å². The Balaban J connectivity index is 2.76. The van der Waals surface area contributed by atoms with Gasteiger partial charge in [-0.1, -0.05) is 6.92 Å². The summed E-state index contributed by atoms with van der Waals surface area (Å²) in [5.74, 6) is -1.31. The summed E-state index contributed by atoms with van der Waals surface area (Å²) in [4.78, 5) is 3.82. The van der Waals surface area contributed by atoms with Crippen LogP contribution in [0.2, 0.25) is 0 Å². The van der Waals surface area contributed by atoms with Crippen LogP contribution in [-0.4, -0.2) is 67.0 Å². The second kappa shape index (κ2) is 6.90. The smallest absolute Gasteiger partial charge is 0.393 e. The topological polar surface area (TPSA) is 26.7 Å². The van der Waals surface area contributed by atoms with E-state index < -0.39 is 24.2 Å². The molecule has 0 radical (unpaired) electrons. The van der Waals surface area contributed by atoms with Gasteiger partial charge in [-0.3, -0.25) is 4.90 Å². The lowest BCUT2D eigenvalue weighted by atomic mass is 9.81. The summed E-state index contributed by atoms with van der Waals surface area (Å²) in [5, 5.41) is 9.68. The van der Waals surface area contributed by atoms with Crippen LogP contribution >= 0.6 is 0 Å². The lowest BCUT2D eigenvalue weighted by Crippen LogP contribution is -2.51. The molecule has 0 bridgehead atoms. The fourth-order valence-corrected chi connectivity index (χ4v) is 2.80. The standard InChI is InChI=1S/C13H25F3N2O/c1-4-18(8-7-17(2)3)12-9-10(19)5-6-11(12)13(14,15)16/h10-12,19H,4-9H2,1-3H3. The van der Waals surface area contributed by atoms with Crippen LogP contribution in [-0.2, 0) is 0 Å². The quantitative estimate of drug-likeness (QED) is 0.835. The van der Waals surface area contributed by atoms with Crippen LogP contribution in [0.5, 0.6) is 0 Å². The first-order valence-corrected chi connectivity index (χ1v) is 6.89. The van der Waals surface area contributed by atoms with Crippen LogP contribution in [0.3, 0.4) is 0 Å². The van der Waals surface area contributed by atoms with Crippen LogP contribution in [0, 0.1) is 5.92 Å². The third-order valence-electron chi connectivity index (χ3n) is 3.92. The van der Waals surface area contributed by atoms with E-state index >= 15 is 0 Å². The predicted molar refractivity (Wildman–Crippen MR) is 69.0 cm³/mol. The Hall–Kier alpha value is -0.330. The van der Waals surface area contributed by atoms with Gasteiger partial charge in [0.25, 0.3) is 0 Å². The molecular formula is C13H25F3N2O. The first kappa shape index (κ1) is 16.7. The Morgan fingerprint density at radius 1 is 1.16 bits per heavy atom. The van der Waals surface area contributed by atoms with Crippen molar-refractivity contribution in [2.75, 3.05) is 33.7 Å². The highest BCUT2D eigenvalue weighted by Crippen LogP contribution is 2.40. The van der Waals surface area contributed by atoms with Crippen molar-refractivity contribution >= 4 is 0 Å². The number of halogens is 3. The van der Waals surface area contributed by atoms with E-state index in [1.54, 1.807) is 0 Å². The van der Waals surface area contributed by atoms with Crippen molar-refractivity contribution in [3.05, 3.63) is 0 Å². The summed E-state index contributed by atoms with van der Waals surface area (Å²) in [5.41, 5.74) is 0. The van der Waals surface area contributed by atoms with Crippen molar-refractivity contribution in [3.8, 4) is 0 Å². The van der Waals surface area contributed by atoms with Gasteiger partial charge >= 0.3 is 6.18 Å². The van der Waals surface area contributed by atoms with E-state index in [4.69, 9.17) is 0 Å². The Morgan fingerprint density at radius 2 is 1.79 bits per heavy atom. The summed E-state index contributed by atoms with van der Waals surface area (Å²) < 4.78 is 39.3. The van der Waals surface area contributed by atoms with Gasteiger partial charge in [0.1, 0.15) is 0 Å². The van der Waals surface area contributed by atoms with E-state index in [-0.39, 0.29) is 19.3 Å². The third-order valence-corrected chi connectivity index (χ3v) is 3.92. The molecule has 6 heteroatoms. The molecule has 0 saturated heterocycles. The first-order valence-electron chi connectivity index (χ1n) is 6.89. The molecule has 1 N–H and O–H groups in total. The summed E-state index contributed by atoms with van der Waals surface area (Å²) in [7, 11) is 3.82. The van der Waals surface area contributed by atoms with Crippen molar-refractivity contribution in [3.63, 3.8) is 0 Å². The molecule has 1 aliphatic rings. The molecule has 1 saturated carbocycles. The van der Waals surface area contributed by atoms with Gasteiger partial charge in [-0.25, -0.2) is 0 Å². The van der Waals surface area contributed by atoms with E-state index in [1.165, 1.54) is 0 Å². The van der Waals surface area contributed by atoms with Gasteiger partial charge in [0.05, 0.1) is 12.0 Å². The van der Waals surface area contributed by atoms with Crippen LogP contribution in [0.15, 0.2) is 0 Å². The average molecular weight is 282 g/mol. The van der Waals surface area contributed by atoms with Gasteiger partial charge in [0.15, 0.2) is 0 Å². The van der Waals surface area contributed by atoms with E-state index in [9.17, 15) is 18.3 Å². The van der Waals surface area contributed by atoms with Crippen molar-refractivity contribution < 1.29 is 18.3 Å². The zero-order chi connectivity index (χ0) is 14.6. The maximum absolute atomic E-state index is 13.1. The van der Waals surface area contributed by atoms with Gasteiger partial charge < -0.3 is 10.0 Å². The normalized spacial score (nSPS) is 29.2. The summed E-state index contributed by atoms with van der Waals surface area (Å²) in [6, 6.07) is -0.589. The summed E-state index contributed by atoms with van der Waals surface area (Å²) >= 11 is 0. The molecule has 0 aromatic heterocycles. The monoisotopic (exact) mass is 282 g/mol. The number of alkyl halides is 3. The Kier molecular flexibility index (Phi) is 6.08. The van der Waals surface area contributed by atoms with Gasteiger partial charge in [0.2, 0.25) is 0 Å². The van der Waals surface area contributed by atoms with E-state index in [0.717, 1.165) is 6.54 Å². The zero-order valence-corrected chi connectivity index (χ0v) is 12.0. The summed E-state index contributed by atoms with van der Waals surface area (Å²) in [6.07, 6.45) is -4.25. The number of aliphatic hydroxyl groups excluding tert-OH is 1. The average Bonchev–Trinajstić information content (AvgIpc) is 2.27. The SMILES string of the molecule is CCN(CCN(C)C)C1CC(O)CCC1C(F)(F)F. The minimum atomic E-state index is -4.17. The van der Waals surface area contributed by atoms with Crippen LogP contribution in [0.1, 0.15) is 26.2 Å². The molecule has 3 atom stereocenters. The van der Waals surface area contributed by atoms with Crippen LogP contribution in [0.4, 0.5) is 13.2 Å². The molecule has 1 aliphatic carbocycles. The summed E-state index contributed by atoms with van der Waals surface area (Å²) in [6.45, 7) is 3.79. The van der Waals surface area contributed by atoms with Crippen LogP contribution in [0.25, 0.3) is 0 Å². The maximum Gasteiger partial charge on any atom is 0.393 e. The number of rotatable bonds is 5. The fourth-order valence-electron chi connectivity index (χ4n) is 2.80. The zero-order valence-electron chi connectivity index (χ0n) is 12.0. The molecule has 114 valence electrons. The lowest BCUT2D eigenvalue weighted by molar-refractivity contribution is -0.204. The number of hydrogen-bond donors (Lipinski definition) is 1. The molecule has 0 heterocycles. The van der Waals surface area contributed by atoms with Crippen LogP contribution < -0.4 is 0 Å². The van der Waals surface area contributed by atoms with Crippen molar-refractivity contribution in [1.82, 2.24) is 9.80 Å². The third kappa shape index (κ3) is 4.93. The van der Waals surface area contributed by atoms with E-state index in [2.05, 4.69) is 0 Å². The van der Waals surface area contributed by atoms with Gasteiger partial charge in [0, 0.05) is 19.1 Å². The number of aliphatic hydroxyl groups is 1. The number of nitrogens with zero attached hydrogens (tertiary/aromatic N) is 2. The predicted octanol–water partition coefficient (Wildman–Crippen LogP) is 1.96. The Labute approximate surface area is 113 Å². The molecule has 0 aliphatic heterocycles. The molecule has 0 aromatic carbocycles. The highest BCUT2D eigenvalue weighted by molar-refractivity contribution is 4.90. The van der Waals surface area contributed by atoms with Crippen molar-refractivity contribution in [1.29, 1.82) is 0 Å². The lowest BCUT2D eigenvalue weighted by Gasteiger charge is -2.42. The van der Waals surface area contributed by atoms with Gasteiger partial charge in [-0.2, -0.15) is 13.2 Å². The van der Waals surface area contributed by atoms with Crippen molar-refractivity contribution in [2.24, 2.45) is 5.92 Å². The first-order chi connectivity index (χ1) is 8.75. The molecule has 3 unspecified atom stereocenters. The number of hydrogen-bond acceptors (Lipinski definition) is 3. The highest BCUT2D eigenvalue weighted by atomic mass is 19.4. The number of likely N-dealkylation sites (N-methyl/N-ethyl adjacent to an activating group) is 2. The molecule has 19 heavy (non-hydrogen) atoms. The molecule has 1 rings (SSSR count). The largest absolute Gasteiger partial charge is 0.393 e. The molecule has 0 amide bonds. The second-order valence-electron chi connectivity index (χ2n) is 5.61. The Bertz CT molecular complexity index is 271. The molecule has 3 nitrogen and oxygen atoms in total. The minimum Gasteiger partial charge on any atom is -0.393 e. The Morgan fingerprint density at radius 3 is 2.26 bits per heavy atom. The molecule has 0 aromatic rings. The highest BCUT2D eigenvalue weighted by Gasteiger charge is 2.48. The molecule has 0 spiro atoms. The van der Waals surface area contributed by atoms with Gasteiger partial charge in [-0.15, -0.1) is 0 Å². The fraction of sp³-hybridized carbons (Fsp3) is 1.00. The van der Waals surface area contributed by atoms with Gasteiger partial charge in [-0.05, 0) is 39.9 Å². The second-order valence-corrected chi connectivity index (χ2v) is 5.61. The maximum atomic E-state index is 13.1. The minimum absolute atomic E-state index is 0.0355. The van der Waals surface area contributed by atoms with E-state index in [0.29, 0.717) is 13.1 Å². The van der Waals surface area contributed by atoms with Crippen molar-refractivity contribution in [2.45, 2.75) is 44.5 Å². The molecular weight excluding hydrogens is 257 g/mol. The molecule has 1 fully saturated rings.